The SMILES string of the molecule is CCOC(=O)N1CC2CCC(C1)N2CCOc1ccc(C#N)cc1C#N. The van der Waals surface area contributed by atoms with Crippen molar-refractivity contribution in [2.24, 2.45) is 0 Å². The molecule has 0 N–H and O–H groups in total. The molecule has 2 saturated heterocycles. The van der Waals surface area contributed by atoms with Crippen molar-refractivity contribution in [3.05, 3.63) is 29.3 Å². The van der Waals surface area contributed by atoms with Crippen LogP contribution in [0.2, 0.25) is 0 Å². The lowest BCUT2D eigenvalue weighted by Gasteiger charge is -2.40. The van der Waals surface area contributed by atoms with Crippen molar-refractivity contribution in [2.75, 3.05) is 32.8 Å². The van der Waals surface area contributed by atoms with Crippen LogP contribution in [0.1, 0.15) is 30.9 Å². The summed E-state index contributed by atoms with van der Waals surface area (Å²) in [5.74, 6) is 0.504. The van der Waals surface area contributed by atoms with Gasteiger partial charge in [-0.15, -0.1) is 0 Å². The molecule has 1 aromatic rings. The fraction of sp³-hybridized carbons (Fsp3) is 0.526. The summed E-state index contributed by atoms with van der Waals surface area (Å²) in [6.45, 7) is 4.81. The Labute approximate surface area is 153 Å². The smallest absolute Gasteiger partial charge is 0.409 e. The number of rotatable bonds is 5. The topological polar surface area (TPSA) is 89.6 Å². The monoisotopic (exact) mass is 354 g/mol. The number of nitrogens with zero attached hydrogens (tertiary/aromatic N) is 4. The number of hydrogen-bond donors (Lipinski definition) is 0. The van der Waals surface area contributed by atoms with Crippen molar-refractivity contribution in [1.82, 2.24) is 9.80 Å². The molecule has 0 aliphatic carbocycles. The molecule has 2 heterocycles. The van der Waals surface area contributed by atoms with Crippen LogP contribution < -0.4 is 4.74 Å². The van der Waals surface area contributed by atoms with E-state index < -0.39 is 0 Å². The van der Waals surface area contributed by atoms with Crippen LogP contribution in [0.5, 0.6) is 5.75 Å². The van der Waals surface area contributed by atoms with Crippen LogP contribution in [0.3, 0.4) is 0 Å². The van der Waals surface area contributed by atoms with Gasteiger partial charge in [0.25, 0.3) is 0 Å². The minimum absolute atomic E-state index is 0.225. The van der Waals surface area contributed by atoms with Gasteiger partial charge >= 0.3 is 6.09 Å². The fourth-order valence-electron chi connectivity index (χ4n) is 3.79. The van der Waals surface area contributed by atoms with Gasteiger partial charge in [-0.05, 0) is 38.0 Å². The van der Waals surface area contributed by atoms with Crippen LogP contribution in [0.15, 0.2) is 18.2 Å². The number of likely N-dealkylation sites (tertiary alicyclic amines) is 1. The number of hydrogen-bond acceptors (Lipinski definition) is 6. The molecular formula is C19H22N4O3. The van der Waals surface area contributed by atoms with Gasteiger partial charge in [0, 0.05) is 31.7 Å². The summed E-state index contributed by atoms with van der Waals surface area (Å²) in [6, 6.07) is 9.62. The highest BCUT2D eigenvalue weighted by Crippen LogP contribution is 2.30. The van der Waals surface area contributed by atoms with Crippen molar-refractivity contribution in [3.8, 4) is 17.9 Å². The van der Waals surface area contributed by atoms with Gasteiger partial charge in [-0.3, -0.25) is 4.90 Å². The van der Waals surface area contributed by atoms with Crippen molar-refractivity contribution in [3.63, 3.8) is 0 Å². The molecule has 0 radical (unpaired) electrons. The summed E-state index contributed by atoms with van der Waals surface area (Å²) in [7, 11) is 0. The Kier molecular flexibility index (Phi) is 5.60. The number of carbonyl (C=O) groups is 1. The highest BCUT2D eigenvalue weighted by Gasteiger charge is 2.41. The van der Waals surface area contributed by atoms with E-state index in [4.69, 9.17) is 14.7 Å². The molecule has 136 valence electrons. The second-order valence-corrected chi connectivity index (χ2v) is 6.51. The Morgan fingerprint density at radius 2 is 1.96 bits per heavy atom. The van der Waals surface area contributed by atoms with E-state index in [1.807, 2.05) is 13.0 Å². The molecule has 1 aromatic carbocycles. The number of amides is 1. The summed E-state index contributed by atoms with van der Waals surface area (Å²) in [5, 5.41) is 18.1. The molecule has 3 rings (SSSR count). The largest absolute Gasteiger partial charge is 0.491 e. The van der Waals surface area contributed by atoms with Crippen LogP contribution in [-0.2, 0) is 4.74 Å². The first-order valence-electron chi connectivity index (χ1n) is 8.90. The van der Waals surface area contributed by atoms with Gasteiger partial charge in [0.15, 0.2) is 0 Å². The molecule has 2 atom stereocenters. The minimum Gasteiger partial charge on any atom is -0.491 e. The van der Waals surface area contributed by atoms with Crippen LogP contribution in [0, 0.1) is 22.7 Å². The molecule has 0 spiro atoms. The molecule has 0 aromatic heterocycles. The summed E-state index contributed by atoms with van der Waals surface area (Å²) in [4.78, 5) is 16.1. The van der Waals surface area contributed by atoms with Gasteiger partial charge in [-0.25, -0.2) is 4.79 Å². The van der Waals surface area contributed by atoms with Gasteiger partial charge < -0.3 is 14.4 Å². The first kappa shape index (κ1) is 18.0. The fourth-order valence-corrected chi connectivity index (χ4v) is 3.79. The average molecular weight is 354 g/mol. The van der Waals surface area contributed by atoms with E-state index in [0.29, 0.717) is 55.3 Å². The molecule has 26 heavy (non-hydrogen) atoms. The summed E-state index contributed by atoms with van der Waals surface area (Å²) >= 11 is 0. The van der Waals surface area contributed by atoms with E-state index in [1.54, 1.807) is 17.0 Å². The zero-order valence-corrected chi connectivity index (χ0v) is 14.9. The second-order valence-electron chi connectivity index (χ2n) is 6.51. The Bertz CT molecular complexity index is 738. The lowest BCUT2D eigenvalue weighted by Crippen LogP contribution is -2.56. The van der Waals surface area contributed by atoms with Gasteiger partial charge in [0.1, 0.15) is 18.4 Å². The quantitative estimate of drug-likeness (QED) is 0.804. The molecule has 1 amide bonds. The zero-order chi connectivity index (χ0) is 18.5. The third-order valence-corrected chi connectivity index (χ3v) is 5.00. The number of carbonyl (C=O) groups excluding carboxylic acids is 1. The van der Waals surface area contributed by atoms with Crippen molar-refractivity contribution in [2.45, 2.75) is 31.8 Å². The first-order chi connectivity index (χ1) is 12.7. The number of ether oxygens (including phenoxy) is 2. The van der Waals surface area contributed by atoms with E-state index in [2.05, 4.69) is 11.0 Å². The lowest BCUT2D eigenvalue weighted by atomic mass is 10.1. The third-order valence-electron chi connectivity index (χ3n) is 5.00. The normalized spacial score (nSPS) is 21.7. The van der Waals surface area contributed by atoms with Gasteiger partial charge in [0.05, 0.1) is 23.8 Å². The van der Waals surface area contributed by atoms with Crippen molar-refractivity contribution >= 4 is 6.09 Å². The minimum atomic E-state index is -0.225. The zero-order valence-electron chi connectivity index (χ0n) is 14.9. The molecule has 0 saturated carbocycles. The van der Waals surface area contributed by atoms with Crippen LogP contribution >= 0.6 is 0 Å². The van der Waals surface area contributed by atoms with Crippen LogP contribution in [0.25, 0.3) is 0 Å². The summed E-state index contributed by atoms with van der Waals surface area (Å²) in [6.07, 6.45) is 1.92. The molecular weight excluding hydrogens is 332 g/mol. The van der Waals surface area contributed by atoms with Crippen LogP contribution in [0.4, 0.5) is 4.79 Å². The Balaban J connectivity index is 1.55. The number of fused-ring (bicyclic) bond motifs is 2. The maximum atomic E-state index is 12.0. The van der Waals surface area contributed by atoms with E-state index in [9.17, 15) is 10.1 Å². The van der Waals surface area contributed by atoms with Gasteiger partial charge in [-0.1, -0.05) is 0 Å². The number of benzene rings is 1. The van der Waals surface area contributed by atoms with Gasteiger partial charge in [-0.2, -0.15) is 10.5 Å². The predicted octanol–water partition coefficient (Wildman–Crippen LogP) is 2.11. The molecule has 7 nitrogen and oxygen atoms in total. The van der Waals surface area contributed by atoms with E-state index in [-0.39, 0.29) is 6.09 Å². The highest BCUT2D eigenvalue weighted by atomic mass is 16.6. The van der Waals surface area contributed by atoms with E-state index in [1.165, 1.54) is 6.07 Å². The van der Waals surface area contributed by atoms with Crippen LogP contribution in [-0.4, -0.2) is 60.8 Å². The standard InChI is InChI=1S/C19H22N4O3/c1-2-25-19(24)22-12-16-4-5-17(13-22)23(16)7-8-26-18-6-3-14(10-20)9-15(18)11-21/h3,6,9,16-17H,2,4-5,7-8,12-13H2,1H3. The summed E-state index contributed by atoms with van der Waals surface area (Å²) in [5.41, 5.74) is 0.821. The molecule has 2 bridgehead atoms. The Morgan fingerprint density at radius 1 is 1.23 bits per heavy atom. The number of nitriles is 2. The molecule has 7 heteroatoms. The van der Waals surface area contributed by atoms with E-state index >= 15 is 0 Å². The molecule has 2 unspecified atom stereocenters. The maximum Gasteiger partial charge on any atom is 0.409 e. The molecule has 2 aliphatic heterocycles. The number of piperazine rings is 1. The van der Waals surface area contributed by atoms with Crippen molar-refractivity contribution in [1.29, 1.82) is 10.5 Å². The second kappa shape index (κ2) is 8.07. The predicted molar refractivity (Wildman–Crippen MR) is 93.5 cm³/mol. The van der Waals surface area contributed by atoms with Crippen molar-refractivity contribution < 1.29 is 14.3 Å². The lowest BCUT2D eigenvalue weighted by molar-refractivity contribution is 0.0417. The first-order valence-corrected chi connectivity index (χ1v) is 8.90. The Hall–Kier alpha value is -2.77. The molecule has 2 fully saturated rings. The highest BCUT2D eigenvalue weighted by molar-refractivity contribution is 5.68. The summed E-state index contributed by atoms with van der Waals surface area (Å²) < 4.78 is 10.9. The third kappa shape index (κ3) is 3.74. The average Bonchev–Trinajstić information content (AvgIpc) is 2.89. The van der Waals surface area contributed by atoms with Gasteiger partial charge in [0.2, 0.25) is 0 Å². The maximum absolute atomic E-state index is 12.0. The van der Waals surface area contributed by atoms with E-state index in [0.717, 1.165) is 19.4 Å². The molecule has 2 aliphatic rings. The Morgan fingerprint density at radius 3 is 2.58 bits per heavy atom.